The van der Waals surface area contributed by atoms with Crippen molar-refractivity contribution in [2.24, 2.45) is 0 Å². The zero-order chi connectivity index (χ0) is 11.8. The molecule has 0 spiro atoms. The van der Waals surface area contributed by atoms with E-state index in [1.807, 2.05) is 0 Å². The summed E-state index contributed by atoms with van der Waals surface area (Å²) in [6.07, 6.45) is 4.55. The van der Waals surface area contributed by atoms with Gasteiger partial charge in [0.15, 0.2) is 6.29 Å². The summed E-state index contributed by atoms with van der Waals surface area (Å²) in [5.74, 6) is -0.00833. The lowest BCUT2D eigenvalue weighted by atomic mass is 10.2. The summed E-state index contributed by atoms with van der Waals surface area (Å²) in [6.45, 7) is 0.767. The number of rotatable bonds is 7. The third-order valence-electron chi connectivity index (χ3n) is 2.90. The number of amides is 1. The van der Waals surface area contributed by atoms with Crippen LogP contribution < -0.4 is 10.6 Å². The predicted molar refractivity (Wildman–Crippen MR) is 61.1 cm³/mol. The molecule has 0 unspecified atom stereocenters. The third kappa shape index (κ3) is 4.92. The number of ether oxygens (including phenoxy) is 2. The zero-order valence-electron chi connectivity index (χ0n) is 10.1. The maximum atomic E-state index is 11.5. The van der Waals surface area contributed by atoms with Crippen LogP contribution in [0.5, 0.6) is 0 Å². The van der Waals surface area contributed by atoms with Crippen molar-refractivity contribution >= 4 is 5.91 Å². The first-order chi connectivity index (χ1) is 7.76. The van der Waals surface area contributed by atoms with Crippen LogP contribution in [-0.2, 0) is 14.3 Å². The fourth-order valence-corrected chi connectivity index (χ4v) is 1.89. The smallest absolute Gasteiger partial charge is 0.234 e. The van der Waals surface area contributed by atoms with Crippen molar-refractivity contribution in [3.63, 3.8) is 0 Å². The minimum Gasteiger partial charge on any atom is -0.354 e. The predicted octanol–water partition coefficient (Wildman–Crippen LogP) is 0.254. The van der Waals surface area contributed by atoms with Crippen molar-refractivity contribution in [2.75, 3.05) is 27.3 Å². The van der Waals surface area contributed by atoms with Crippen molar-refractivity contribution in [1.29, 1.82) is 0 Å². The van der Waals surface area contributed by atoms with E-state index in [1.165, 1.54) is 25.7 Å². The van der Waals surface area contributed by atoms with Gasteiger partial charge in [0.2, 0.25) is 5.91 Å². The average Bonchev–Trinajstić information content (AvgIpc) is 2.80. The highest BCUT2D eigenvalue weighted by atomic mass is 16.7. The highest BCUT2D eigenvalue weighted by Crippen LogP contribution is 2.17. The Bertz CT molecular complexity index is 193. The Balaban J connectivity index is 2.05. The second-order valence-electron chi connectivity index (χ2n) is 4.07. The molecular formula is C11H22N2O3. The van der Waals surface area contributed by atoms with E-state index in [0.717, 1.165) is 0 Å². The lowest BCUT2D eigenvalue weighted by Crippen LogP contribution is -2.41. The Labute approximate surface area is 96.9 Å². The van der Waals surface area contributed by atoms with E-state index in [-0.39, 0.29) is 12.2 Å². The summed E-state index contributed by atoms with van der Waals surface area (Å²) in [4.78, 5) is 11.5. The van der Waals surface area contributed by atoms with E-state index in [4.69, 9.17) is 9.47 Å². The van der Waals surface area contributed by atoms with Crippen LogP contribution in [0.4, 0.5) is 0 Å². The number of nitrogens with one attached hydrogen (secondary N) is 2. The molecule has 1 fully saturated rings. The first-order valence-electron chi connectivity index (χ1n) is 5.82. The molecule has 5 nitrogen and oxygen atoms in total. The van der Waals surface area contributed by atoms with Crippen LogP contribution in [0.3, 0.4) is 0 Å². The van der Waals surface area contributed by atoms with Gasteiger partial charge in [-0.05, 0) is 12.8 Å². The Kier molecular flexibility index (Phi) is 6.37. The molecule has 0 radical (unpaired) electrons. The van der Waals surface area contributed by atoms with Crippen LogP contribution in [0.1, 0.15) is 25.7 Å². The van der Waals surface area contributed by atoms with Gasteiger partial charge in [-0.1, -0.05) is 12.8 Å². The Morgan fingerprint density at radius 1 is 1.31 bits per heavy atom. The number of hydrogen-bond donors (Lipinski definition) is 2. The Morgan fingerprint density at radius 3 is 2.50 bits per heavy atom. The summed E-state index contributed by atoms with van der Waals surface area (Å²) in [6, 6.07) is 0.520. The molecule has 1 saturated carbocycles. The Hall–Kier alpha value is -0.650. The minimum absolute atomic E-state index is 0.00833. The quantitative estimate of drug-likeness (QED) is 0.616. The van der Waals surface area contributed by atoms with Gasteiger partial charge < -0.3 is 20.1 Å². The molecule has 16 heavy (non-hydrogen) atoms. The largest absolute Gasteiger partial charge is 0.354 e. The number of carbonyl (C=O) groups excluding carboxylic acids is 1. The van der Waals surface area contributed by atoms with Crippen LogP contribution in [0.15, 0.2) is 0 Å². The van der Waals surface area contributed by atoms with Gasteiger partial charge in [0, 0.05) is 20.3 Å². The molecular weight excluding hydrogens is 208 g/mol. The monoisotopic (exact) mass is 230 g/mol. The molecule has 0 atom stereocenters. The van der Waals surface area contributed by atoms with Crippen molar-refractivity contribution in [1.82, 2.24) is 10.6 Å². The lowest BCUT2D eigenvalue weighted by Gasteiger charge is -2.15. The van der Waals surface area contributed by atoms with Gasteiger partial charge in [0.05, 0.1) is 13.1 Å². The molecule has 0 aromatic carbocycles. The van der Waals surface area contributed by atoms with Crippen molar-refractivity contribution in [3.05, 3.63) is 0 Å². The van der Waals surface area contributed by atoms with Crippen LogP contribution in [0.25, 0.3) is 0 Å². The first kappa shape index (κ1) is 13.4. The summed E-state index contributed by atoms with van der Waals surface area (Å²) in [5, 5.41) is 6.00. The molecule has 2 N–H and O–H groups in total. The lowest BCUT2D eigenvalue weighted by molar-refractivity contribution is -0.126. The molecule has 1 aliphatic carbocycles. The fraction of sp³-hybridized carbons (Fsp3) is 0.909. The molecule has 0 aromatic heterocycles. The average molecular weight is 230 g/mol. The molecule has 5 heteroatoms. The molecule has 94 valence electrons. The highest BCUT2D eigenvalue weighted by molar-refractivity contribution is 5.78. The van der Waals surface area contributed by atoms with E-state index in [2.05, 4.69) is 10.6 Å². The van der Waals surface area contributed by atoms with E-state index in [0.29, 0.717) is 19.1 Å². The first-order valence-corrected chi connectivity index (χ1v) is 5.82. The molecule has 0 bridgehead atoms. The zero-order valence-corrected chi connectivity index (χ0v) is 10.1. The van der Waals surface area contributed by atoms with Gasteiger partial charge in [0.1, 0.15) is 0 Å². The van der Waals surface area contributed by atoms with E-state index < -0.39 is 0 Å². The minimum atomic E-state index is -0.365. The van der Waals surface area contributed by atoms with Crippen molar-refractivity contribution < 1.29 is 14.3 Å². The standard InChI is InChI=1S/C11H22N2O3/c1-15-11(16-2)8-13-10(14)7-12-9-5-3-4-6-9/h9,11-12H,3-8H2,1-2H3,(H,13,14). The Morgan fingerprint density at radius 2 is 1.94 bits per heavy atom. The van der Waals surface area contributed by atoms with Crippen LogP contribution in [0, 0.1) is 0 Å². The number of carbonyl (C=O) groups is 1. The summed E-state index contributed by atoms with van der Waals surface area (Å²) >= 11 is 0. The maximum absolute atomic E-state index is 11.5. The van der Waals surface area contributed by atoms with Gasteiger partial charge in [-0.15, -0.1) is 0 Å². The molecule has 0 saturated heterocycles. The van der Waals surface area contributed by atoms with Crippen LogP contribution in [0.2, 0.25) is 0 Å². The normalized spacial score (nSPS) is 16.9. The van der Waals surface area contributed by atoms with Crippen molar-refractivity contribution in [2.45, 2.75) is 38.0 Å². The van der Waals surface area contributed by atoms with Crippen LogP contribution >= 0.6 is 0 Å². The molecule has 1 aliphatic rings. The van der Waals surface area contributed by atoms with E-state index in [1.54, 1.807) is 14.2 Å². The maximum Gasteiger partial charge on any atom is 0.234 e. The molecule has 1 amide bonds. The SMILES string of the molecule is COC(CNC(=O)CNC1CCCC1)OC. The van der Waals surface area contributed by atoms with Gasteiger partial charge in [-0.3, -0.25) is 4.79 Å². The number of methoxy groups -OCH3 is 2. The summed E-state index contributed by atoms with van der Waals surface area (Å²) in [5.41, 5.74) is 0. The summed E-state index contributed by atoms with van der Waals surface area (Å²) < 4.78 is 9.94. The van der Waals surface area contributed by atoms with E-state index in [9.17, 15) is 4.79 Å². The highest BCUT2D eigenvalue weighted by Gasteiger charge is 2.15. The van der Waals surface area contributed by atoms with E-state index >= 15 is 0 Å². The topological polar surface area (TPSA) is 59.6 Å². The van der Waals surface area contributed by atoms with Crippen molar-refractivity contribution in [3.8, 4) is 0 Å². The van der Waals surface area contributed by atoms with Gasteiger partial charge >= 0.3 is 0 Å². The van der Waals surface area contributed by atoms with Gasteiger partial charge in [-0.25, -0.2) is 0 Å². The third-order valence-corrected chi connectivity index (χ3v) is 2.90. The van der Waals surface area contributed by atoms with Gasteiger partial charge in [-0.2, -0.15) is 0 Å². The number of hydrogen-bond acceptors (Lipinski definition) is 4. The van der Waals surface area contributed by atoms with Crippen LogP contribution in [-0.4, -0.2) is 45.5 Å². The fourth-order valence-electron chi connectivity index (χ4n) is 1.89. The molecule has 0 heterocycles. The molecule has 1 rings (SSSR count). The second-order valence-corrected chi connectivity index (χ2v) is 4.07. The van der Waals surface area contributed by atoms with Gasteiger partial charge in [0.25, 0.3) is 0 Å². The second kappa shape index (κ2) is 7.60. The summed E-state index contributed by atoms with van der Waals surface area (Å²) in [7, 11) is 3.11. The molecule has 0 aliphatic heterocycles. The molecule has 0 aromatic rings.